The van der Waals surface area contributed by atoms with Gasteiger partial charge in [0.15, 0.2) is 0 Å². The highest BCUT2D eigenvalue weighted by atomic mass is 32.2. The topological polar surface area (TPSA) is 66.5 Å². The number of hydrogen-bond acceptors (Lipinski definition) is 3. The van der Waals surface area contributed by atoms with E-state index in [-0.39, 0.29) is 4.90 Å². The van der Waals surface area contributed by atoms with Gasteiger partial charge in [0.25, 0.3) is 10.0 Å². The lowest BCUT2D eigenvalue weighted by atomic mass is 10.1. The summed E-state index contributed by atoms with van der Waals surface area (Å²) >= 11 is 0. The molecular weight excluding hydrogens is 288 g/mol. The Morgan fingerprint density at radius 2 is 1.62 bits per heavy atom. The molecule has 1 aliphatic heterocycles. The van der Waals surface area contributed by atoms with Gasteiger partial charge in [-0.3, -0.25) is 0 Å². The summed E-state index contributed by atoms with van der Waals surface area (Å²) in [6, 6.07) is 11.0. The fraction of sp³-hybridized carbons (Fsp3) is 0.133. The molecule has 6 heteroatoms. The predicted molar refractivity (Wildman–Crippen MR) is 81.0 cm³/mol. The second-order valence-electron chi connectivity index (χ2n) is 5.04. The van der Waals surface area contributed by atoms with Gasteiger partial charge in [-0.25, -0.2) is 13.2 Å². The maximum atomic E-state index is 12.7. The van der Waals surface area contributed by atoms with Gasteiger partial charge in [-0.2, -0.15) is 4.31 Å². The van der Waals surface area contributed by atoms with E-state index in [4.69, 9.17) is 0 Å². The molecule has 2 aromatic carbocycles. The molecule has 1 N–H and O–H groups in total. The zero-order valence-corrected chi connectivity index (χ0v) is 12.4. The first-order chi connectivity index (χ1) is 9.89. The molecule has 0 saturated carbocycles. The number of hydrogen-bond donors (Lipinski definition) is 1. The van der Waals surface area contributed by atoms with E-state index in [0.717, 1.165) is 15.4 Å². The molecule has 0 aromatic heterocycles. The quantitative estimate of drug-likeness (QED) is 0.880. The van der Waals surface area contributed by atoms with E-state index in [1.165, 1.54) is 6.07 Å². The van der Waals surface area contributed by atoms with Gasteiger partial charge in [0.2, 0.25) is 0 Å². The number of sulfonamides is 1. The standard InChI is InChI=1S/C15H14N2O3S/c1-10-7-11(2)9-12(8-10)17-15(18)16-13-5-3-4-6-14(13)21(17,19)20/h3-9H,1-2H3,(H,16,18). The van der Waals surface area contributed by atoms with Crippen LogP contribution in [0.15, 0.2) is 47.4 Å². The summed E-state index contributed by atoms with van der Waals surface area (Å²) in [5.41, 5.74) is 2.45. The van der Waals surface area contributed by atoms with E-state index in [1.807, 2.05) is 19.9 Å². The van der Waals surface area contributed by atoms with Crippen LogP contribution in [0.4, 0.5) is 16.2 Å². The first-order valence-electron chi connectivity index (χ1n) is 6.43. The van der Waals surface area contributed by atoms with Crippen LogP contribution in [0, 0.1) is 13.8 Å². The molecular formula is C15H14N2O3S. The van der Waals surface area contributed by atoms with Crippen LogP contribution < -0.4 is 9.62 Å². The zero-order valence-electron chi connectivity index (χ0n) is 11.6. The number of amides is 2. The maximum absolute atomic E-state index is 12.7. The molecule has 108 valence electrons. The molecule has 21 heavy (non-hydrogen) atoms. The van der Waals surface area contributed by atoms with Crippen molar-refractivity contribution in [2.45, 2.75) is 18.7 Å². The third kappa shape index (κ3) is 2.17. The molecule has 0 atom stereocenters. The Labute approximate surface area is 123 Å². The van der Waals surface area contributed by atoms with Crippen LogP contribution in [0.5, 0.6) is 0 Å². The molecule has 0 saturated heterocycles. The zero-order chi connectivity index (χ0) is 15.2. The van der Waals surface area contributed by atoms with Crippen LogP contribution in [0.2, 0.25) is 0 Å². The van der Waals surface area contributed by atoms with Crippen molar-refractivity contribution in [3.05, 3.63) is 53.6 Å². The van der Waals surface area contributed by atoms with Gasteiger partial charge in [-0.15, -0.1) is 0 Å². The number of nitrogens with one attached hydrogen (secondary N) is 1. The molecule has 0 fully saturated rings. The number of aryl methyl sites for hydroxylation is 2. The Morgan fingerprint density at radius 1 is 1.00 bits per heavy atom. The molecule has 2 amide bonds. The number of para-hydroxylation sites is 1. The minimum atomic E-state index is -3.90. The Morgan fingerprint density at radius 3 is 2.29 bits per heavy atom. The first-order valence-corrected chi connectivity index (χ1v) is 7.87. The van der Waals surface area contributed by atoms with Gasteiger partial charge in [-0.1, -0.05) is 18.2 Å². The molecule has 5 nitrogen and oxygen atoms in total. The number of urea groups is 1. The number of rotatable bonds is 1. The van der Waals surface area contributed by atoms with Crippen LogP contribution in [0.25, 0.3) is 0 Å². The summed E-state index contributed by atoms with van der Waals surface area (Å²) in [6.07, 6.45) is 0. The summed E-state index contributed by atoms with van der Waals surface area (Å²) in [6.45, 7) is 3.72. The van der Waals surface area contributed by atoms with Crippen LogP contribution in [0.1, 0.15) is 11.1 Å². The van der Waals surface area contributed by atoms with Gasteiger partial charge >= 0.3 is 6.03 Å². The van der Waals surface area contributed by atoms with Crippen molar-refractivity contribution in [3.63, 3.8) is 0 Å². The van der Waals surface area contributed by atoms with Crippen LogP contribution in [0.3, 0.4) is 0 Å². The van der Waals surface area contributed by atoms with E-state index in [9.17, 15) is 13.2 Å². The highest BCUT2D eigenvalue weighted by molar-refractivity contribution is 7.94. The van der Waals surface area contributed by atoms with Crippen molar-refractivity contribution < 1.29 is 13.2 Å². The van der Waals surface area contributed by atoms with Gasteiger partial charge < -0.3 is 5.32 Å². The summed E-state index contributed by atoms with van der Waals surface area (Å²) in [5, 5.41) is 2.61. The van der Waals surface area contributed by atoms with Crippen LogP contribution in [-0.4, -0.2) is 14.4 Å². The highest BCUT2D eigenvalue weighted by Gasteiger charge is 2.37. The van der Waals surface area contributed by atoms with E-state index in [2.05, 4.69) is 5.32 Å². The fourth-order valence-electron chi connectivity index (χ4n) is 2.49. The van der Waals surface area contributed by atoms with Crippen molar-refractivity contribution >= 4 is 27.4 Å². The summed E-state index contributed by atoms with van der Waals surface area (Å²) in [4.78, 5) is 12.3. The molecule has 3 rings (SSSR count). The van der Waals surface area contributed by atoms with Gasteiger partial charge in [0.1, 0.15) is 4.90 Å². The second kappa shape index (κ2) is 4.60. The average molecular weight is 302 g/mol. The summed E-state index contributed by atoms with van der Waals surface area (Å²) in [7, 11) is -3.90. The first kappa shape index (κ1) is 13.6. The number of benzene rings is 2. The number of nitrogens with zero attached hydrogens (tertiary/aromatic N) is 1. The van der Waals surface area contributed by atoms with Crippen molar-refractivity contribution in [2.75, 3.05) is 9.62 Å². The summed E-state index contributed by atoms with van der Waals surface area (Å²) in [5.74, 6) is 0. The van der Waals surface area contributed by atoms with E-state index in [1.54, 1.807) is 30.3 Å². The smallest absolute Gasteiger partial charge is 0.305 e. The average Bonchev–Trinajstić information content (AvgIpc) is 2.36. The third-order valence-electron chi connectivity index (χ3n) is 3.27. The fourth-order valence-corrected chi connectivity index (χ4v) is 3.98. The van der Waals surface area contributed by atoms with Crippen molar-refractivity contribution in [1.29, 1.82) is 0 Å². The van der Waals surface area contributed by atoms with Crippen molar-refractivity contribution in [3.8, 4) is 0 Å². The largest absolute Gasteiger partial charge is 0.340 e. The van der Waals surface area contributed by atoms with Gasteiger partial charge in [0, 0.05) is 0 Å². The molecule has 0 radical (unpaired) electrons. The maximum Gasteiger partial charge on any atom is 0.340 e. The Bertz CT molecular complexity index is 823. The number of carbonyl (C=O) groups excluding carboxylic acids is 1. The molecule has 0 unspecified atom stereocenters. The Kier molecular flexibility index (Phi) is 2.98. The minimum Gasteiger partial charge on any atom is -0.305 e. The van der Waals surface area contributed by atoms with E-state index in [0.29, 0.717) is 11.4 Å². The van der Waals surface area contributed by atoms with Crippen molar-refractivity contribution in [2.24, 2.45) is 0 Å². The van der Waals surface area contributed by atoms with E-state index < -0.39 is 16.1 Å². The number of carbonyl (C=O) groups is 1. The second-order valence-corrected chi connectivity index (χ2v) is 6.80. The number of fused-ring (bicyclic) bond motifs is 1. The lowest BCUT2D eigenvalue weighted by Gasteiger charge is -2.29. The third-order valence-corrected chi connectivity index (χ3v) is 5.04. The lowest BCUT2D eigenvalue weighted by molar-refractivity contribution is 0.259. The molecule has 1 heterocycles. The molecule has 0 spiro atoms. The van der Waals surface area contributed by atoms with Crippen molar-refractivity contribution in [1.82, 2.24) is 0 Å². The Balaban J connectivity index is 2.22. The molecule has 2 aromatic rings. The normalized spacial score (nSPS) is 16.3. The van der Waals surface area contributed by atoms with E-state index >= 15 is 0 Å². The monoisotopic (exact) mass is 302 g/mol. The predicted octanol–water partition coefficient (Wildman–Crippen LogP) is 3.04. The van der Waals surface area contributed by atoms with Gasteiger partial charge in [0.05, 0.1) is 11.4 Å². The molecule has 1 aliphatic rings. The summed E-state index contributed by atoms with van der Waals surface area (Å²) < 4.78 is 26.2. The number of anilines is 2. The van der Waals surface area contributed by atoms with Crippen LogP contribution in [-0.2, 0) is 10.0 Å². The lowest BCUT2D eigenvalue weighted by Crippen LogP contribution is -2.44. The molecule has 0 aliphatic carbocycles. The Hall–Kier alpha value is -2.34. The minimum absolute atomic E-state index is 0.101. The van der Waals surface area contributed by atoms with Gasteiger partial charge in [-0.05, 0) is 49.2 Å². The highest BCUT2D eigenvalue weighted by Crippen LogP contribution is 2.33. The SMILES string of the molecule is Cc1cc(C)cc(N2C(=O)Nc3ccccc3S2(=O)=O)c1. The van der Waals surface area contributed by atoms with Crippen LogP contribution >= 0.6 is 0 Å². The molecule has 0 bridgehead atoms.